The Kier molecular flexibility index (Phi) is 2.58. The third kappa shape index (κ3) is 1.96. The van der Waals surface area contributed by atoms with Crippen LogP contribution in [0.2, 0.25) is 0 Å². The van der Waals surface area contributed by atoms with Crippen LogP contribution >= 0.6 is 0 Å². The molecule has 0 aromatic rings. The van der Waals surface area contributed by atoms with Crippen LogP contribution in [0, 0.1) is 11.3 Å². The summed E-state index contributed by atoms with van der Waals surface area (Å²) in [5, 5.41) is 9.51. The summed E-state index contributed by atoms with van der Waals surface area (Å²) in [7, 11) is 0. The lowest BCUT2D eigenvalue weighted by Gasteiger charge is -2.40. The van der Waals surface area contributed by atoms with Gasteiger partial charge in [0.05, 0.1) is 6.10 Å². The zero-order valence-electron chi connectivity index (χ0n) is 7.93. The van der Waals surface area contributed by atoms with Crippen LogP contribution in [-0.4, -0.2) is 11.2 Å². The number of aliphatic hydroxyl groups is 1. The van der Waals surface area contributed by atoms with E-state index in [0.29, 0.717) is 11.3 Å². The topological polar surface area (TPSA) is 20.2 Å². The molecule has 11 heavy (non-hydrogen) atoms. The monoisotopic (exact) mass is 156 g/mol. The van der Waals surface area contributed by atoms with Gasteiger partial charge in [-0.3, -0.25) is 0 Å². The highest BCUT2D eigenvalue weighted by atomic mass is 16.3. The lowest BCUT2D eigenvalue weighted by molar-refractivity contribution is 0.0163. The van der Waals surface area contributed by atoms with Crippen molar-refractivity contribution < 1.29 is 5.11 Å². The molecule has 0 amide bonds. The SMILES string of the molecule is CC(O)C1CCCCC1(C)C. The highest BCUT2D eigenvalue weighted by Crippen LogP contribution is 2.42. The fraction of sp³-hybridized carbons (Fsp3) is 1.00. The smallest absolute Gasteiger partial charge is 0.0545 e. The first kappa shape index (κ1) is 9.05. The summed E-state index contributed by atoms with van der Waals surface area (Å²) in [6.45, 7) is 6.49. The molecule has 0 heterocycles. The average molecular weight is 156 g/mol. The Labute approximate surface area is 69.8 Å². The molecule has 0 spiro atoms. The second-order valence-corrected chi connectivity index (χ2v) is 4.58. The van der Waals surface area contributed by atoms with Crippen LogP contribution in [-0.2, 0) is 0 Å². The summed E-state index contributed by atoms with van der Waals surface area (Å²) < 4.78 is 0. The summed E-state index contributed by atoms with van der Waals surface area (Å²) in [6.07, 6.45) is 5.02. The second-order valence-electron chi connectivity index (χ2n) is 4.58. The van der Waals surface area contributed by atoms with Crippen LogP contribution in [0.1, 0.15) is 46.5 Å². The third-order valence-corrected chi connectivity index (χ3v) is 3.17. The van der Waals surface area contributed by atoms with Gasteiger partial charge in [-0.05, 0) is 31.1 Å². The normalized spacial score (nSPS) is 33.3. The maximum absolute atomic E-state index is 9.51. The van der Waals surface area contributed by atoms with Crippen LogP contribution in [0.3, 0.4) is 0 Å². The zero-order chi connectivity index (χ0) is 8.48. The third-order valence-electron chi connectivity index (χ3n) is 3.17. The number of aliphatic hydroxyl groups excluding tert-OH is 1. The van der Waals surface area contributed by atoms with E-state index in [0.717, 1.165) is 0 Å². The Morgan fingerprint density at radius 3 is 2.36 bits per heavy atom. The molecule has 0 radical (unpaired) electrons. The Balaban J connectivity index is 2.60. The van der Waals surface area contributed by atoms with Gasteiger partial charge >= 0.3 is 0 Å². The first-order valence-electron chi connectivity index (χ1n) is 4.72. The van der Waals surface area contributed by atoms with Crippen LogP contribution < -0.4 is 0 Å². The van der Waals surface area contributed by atoms with E-state index in [-0.39, 0.29) is 6.10 Å². The molecular weight excluding hydrogens is 136 g/mol. The molecule has 1 fully saturated rings. The van der Waals surface area contributed by atoms with Gasteiger partial charge in [0.15, 0.2) is 0 Å². The Bertz CT molecular complexity index is 127. The van der Waals surface area contributed by atoms with E-state index < -0.39 is 0 Å². The van der Waals surface area contributed by atoms with Gasteiger partial charge in [0, 0.05) is 0 Å². The van der Waals surface area contributed by atoms with Crippen molar-refractivity contribution in [1.29, 1.82) is 0 Å². The fourth-order valence-electron chi connectivity index (χ4n) is 2.42. The minimum absolute atomic E-state index is 0.120. The van der Waals surface area contributed by atoms with E-state index in [1.807, 2.05) is 6.92 Å². The average Bonchev–Trinajstić information content (AvgIpc) is 1.85. The maximum Gasteiger partial charge on any atom is 0.0545 e. The lowest BCUT2D eigenvalue weighted by atomic mass is 9.67. The molecule has 1 aliphatic rings. The molecule has 2 atom stereocenters. The van der Waals surface area contributed by atoms with Gasteiger partial charge < -0.3 is 5.11 Å². The largest absolute Gasteiger partial charge is 0.393 e. The van der Waals surface area contributed by atoms with E-state index in [2.05, 4.69) is 13.8 Å². The predicted octanol–water partition coefficient (Wildman–Crippen LogP) is 2.58. The molecule has 0 bridgehead atoms. The van der Waals surface area contributed by atoms with Gasteiger partial charge in [0.25, 0.3) is 0 Å². The number of hydrogen-bond acceptors (Lipinski definition) is 1. The van der Waals surface area contributed by atoms with E-state index >= 15 is 0 Å². The molecule has 1 saturated carbocycles. The molecule has 1 aliphatic carbocycles. The Morgan fingerprint density at radius 1 is 1.36 bits per heavy atom. The molecular formula is C10H20O. The van der Waals surface area contributed by atoms with Gasteiger partial charge in [-0.15, -0.1) is 0 Å². The van der Waals surface area contributed by atoms with Gasteiger partial charge in [-0.2, -0.15) is 0 Å². The van der Waals surface area contributed by atoms with Gasteiger partial charge in [0.2, 0.25) is 0 Å². The summed E-state index contributed by atoms with van der Waals surface area (Å²) in [5.74, 6) is 0.524. The first-order chi connectivity index (χ1) is 5.04. The molecule has 66 valence electrons. The molecule has 1 rings (SSSR count). The number of rotatable bonds is 1. The van der Waals surface area contributed by atoms with E-state index in [9.17, 15) is 5.11 Å². The Morgan fingerprint density at radius 2 is 2.00 bits per heavy atom. The summed E-state index contributed by atoms with van der Waals surface area (Å²) >= 11 is 0. The minimum Gasteiger partial charge on any atom is -0.393 e. The fourth-order valence-corrected chi connectivity index (χ4v) is 2.42. The van der Waals surface area contributed by atoms with Crippen molar-refractivity contribution in [3.05, 3.63) is 0 Å². The molecule has 0 saturated heterocycles. The van der Waals surface area contributed by atoms with Crippen molar-refractivity contribution in [3.63, 3.8) is 0 Å². The molecule has 1 nitrogen and oxygen atoms in total. The zero-order valence-corrected chi connectivity index (χ0v) is 7.93. The quantitative estimate of drug-likeness (QED) is 0.618. The van der Waals surface area contributed by atoms with Crippen molar-refractivity contribution in [2.45, 2.75) is 52.6 Å². The summed E-state index contributed by atoms with van der Waals surface area (Å²) in [6, 6.07) is 0. The highest BCUT2D eigenvalue weighted by molar-refractivity contribution is 4.85. The summed E-state index contributed by atoms with van der Waals surface area (Å²) in [4.78, 5) is 0. The molecule has 1 N–H and O–H groups in total. The molecule has 1 heteroatoms. The molecule has 0 aromatic heterocycles. The van der Waals surface area contributed by atoms with Crippen LogP contribution in [0.4, 0.5) is 0 Å². The summed E-state index contributed by atoms with van der Waals surface area (Å²) in [5.41, 5.74) is 0.367. The number of hydrogen-bond donors (Lipinski definition) is 1. The minimum atomic E-state index is -0.120. The van der Waals surface area contributed by atoms with Crippen LogP contribution in [0.5, 0.6) is 0 Å². The lowest BCUT2D eigenvalue weighted by Crippen LogP contribution is -2.35. The van der Waals surface area contributed by atoms with Crippen LogP contribution in [0.25, 0.3) is 0 Å². The van der Waals surface area contributed by atoms with Gasteiger partial charge in [-0.1, -0.05) is 26.7 Å². The van der Waals surface area contributed by atoms with E-state index in [1.54, 1.807) is 0 Å². The molecule has 2 unspecified atom stereocenters. The van der Waals surface area contributed by atoms with Crippen molar-refractivity contribution >= 4 is 0 Å². The first-order valence-corrected chi connectivity index (χ1v) is 4.72. The molecule has 0 aromatic carbocycles. The van der Waals surface area contributed by atoms with Crippen molar-refractivity contribution in [2.24, 2.45) is 11.3 Å². The van der Waals surface area contributed by atoms with E-state index in [4.69, 9.17) is 0 Å². The van der Waals surface area contributed by atoms with Crippen molar-refractivity contribution in [3.8, 4) is 0 Å². The van der Waals surface area contributed by atoms with Gasteiger partial charge in [0.1, 0.15) is 0 Å². The van der Waals surface area contributed by atoms with Crippen molar-refractivity contribution in [1.82, 2.24) is 0 Å². The second kappa shape index (κ2) is 3.14. The van der Waals surface area contributed by atoms with Gasteiger partial charge in [-0.25, -0.2) is 0 Å². The van der Waals surface area contributed by atoms with Crippen molar-refractivity contribution in [2.75, 3.05) is 0 Å². The maximum atomic E-state index is 9.51. The van der Waals surface area contributed by atoms with E-state index in [1.165, 1.54) is 25.7 Å². The highest BCUT2D eigenvalue weighted by Gasteiger charge is 2.34. The molecule has 0 aliphatic heterocycles. The standard InChI is InChI=1S/C10H20O/c1-8(11)9-6-4-5-7-10(9,2)3/h8-9,11H,4-7H2,1-3H3. The van der Waals surface area contributed by atoms with Crippen LogP contribution in [0.15, 0.2) is 0 Å². The predicted molar refractivity (Wildman–Crippen MR) is 47.4 cm³/mol. The Hall–Kier alpha value is -0.0400.